The fraction of sp³-hybridized carbons (Fsp3) is 1.00. The highest BCUT2D eigenvalue weighted by Crippen LogP contribution is 2.39. The van der Waals surface area contributed by atoms with Crippen LogP contribution in [0.25, 0.3) is 0 Å². The first-order valence-corrected chi connectivity index (χ1v) is 9.11. The fourth-order valence-corrected chi connectivity index (χ4v) is 5.52. The average Bonchev–Trinajstić information content (AvgIpc) is 2.79. The summed E-state index contributed by atoms with van der Waals surface area (Å²) in [4.78, 5) is 0. The Labute approximate surface area is 114 Å². The van der Waals surface area contributed by atoms with E-state index in [4.69, 9.17) is 0 Å². The summed E-state index contributed by atoms with van der Waals surface area (Å²) < 4.78 is 0. The molecule has 0 amide bonds. The monoisotopic (exact) mass is 306 g/mol. The van der Waals surface area contributed by atoms with E-state index < -0.39 is 0 Å². The van der Waals surface area contributed by atoms with Crippen LogP contribution in [0.5, 0.6) is 0 Å². The Morgan fingerprint density at radius 2 is 1.69 bits per heavy atom. The molecule has 2 heteroatoms. The van der Waals surface area contributed by atoms with Crippen molar-refractivity contribution in [3.63, 3.8) is 0 Å². The van der Waals surface area contributed by atoms with E-state index in [-0.39, 0.29) is 0 Å². The van der Waals surface area contributed by atoms with Crippen molar-refractivity contribution in [3.05, 3.63) is 0 Å². The summed E-state index contributed by atoms with van der Waals surface area (Å²) in [7, 11) is 0. The Morgan fingerprint density at radius 3 is 2.12 bits per heavy atom. The van der Waals surface area contributed by atoms with Crippen LogP contribution in [-0.2, 0) is 0 Å². The van der Waals surface area contributed by atoms with Crippen molar-refractivity contribution in [2.75, 3.05) is 11.1 Å². The smallest absolute Gasteiger partial charge is 0.00958 e. The number of thioether (sulfide) groups is 1. The standard InChI is InChI=1S/C14H27BrS/c1-3-9-14(11-15,10-4-2)12-16-13-7-5-6-8-13/h13H,3-12H2,1-2H3. The van der Waals surface area contributed by atoms with Crippen molar-refractivity contribution < 1.29 is 0 Å². The summed E-state index contributed by atoms with van der Waals surface area (Å²) in [5, 5.41) is 2.17. The predicted molar refractivity (Wildman–Crippen MR) is 80.8 cm³/mol. The summed E-state index contributed by atoms with van der Waals surface area (Å²) in [6.45, 7) is 4.65. The quantitative estimate of drug-likeness (QED) is 0.523. The van der Waals surface area contributed by atoms with Crippen LogP contribution in [0.2, 0.25) is 0 Å². The molecule has 1 aliphatic carbocycles. The van der Waals surface area contributed by atoms with Gasteiger partial charge in [0.05, 0.1) is 0 Å². The summed E-state index contributed by atoms with van der Waals surface area (Å²) in [5.41, 5.74) is 0.580. The molecule has 1 saturated carbocycles. The maximum absolute atomic E-state index is 3.77. The molecule has 0 aromatic rings. The summed E-state index contributed by atoms with van der Waals surface area (Å²) >= 11 is 6.04. The zero-order valence-corrected chi connectivity index (χ0v) is 13.3. The highest BCUT2D eigenvalue weighted by Gasteiger charge is 2.29. The van der Waals surface area contributed by atoms with Gasteiger partial charge >= 0.3 is 0 Å². The number of hydrogen-bond donors (Lipinski definition) is 0. The molecule has 1 aliphatic rings. The topological polar surface area (TPSA) is 0 Å². The van der Waals surface area contributed by atoms with Gasteiger partial charge in [0.1, 0.15) is 0 Å². The average molecular weight is 307 g/mol. The number of alkyl halides is 1. The van der Waals surface area contributed by atoms with Crippen molar-refractivity contribution in [2.45, 2.75) is 70.5 Å². The lowest BCUT2D eigenvalue weighted by molar-refractivity contribution is 0.319. The van der Waals surface area contributed by atoms with E-state index >= 15 is 0 Å². The number of rotatable bonds is 8. The molecule has 0 spiro atoms. The van der Waals surface area contributed by atoms with E-state index in [9.17, 15) is 0 Å². The van der Waals surface area contributed by atoms with Crippen molar-refractivity contribution >= 4 is 27.7 Å². The zero-order chi connectivity index (χ0) is 11.9. The summed E-state index contributed by atoms with van der Waals surface area (Å²) in [6.07, 6.45) is 11.3. The molecular formula is C14H27BrS. The molecule has 1 fully saturated rings. The first-order chi connectivity index (χ1) is 7.76. The first kappa shape index (κ1) is 14.9. The lowest BCUT2D eigenvalue weighted by Gasteiger charge is -2.32. The molecule has 0 aliphatic heterocycles. The van der Waals surface area contributed by atoms with E-state index in [0.29, 0.717) is 5.41 Å². The van der Waals surface area contributed by atoms with Crippen LogP contribution >= 0.6 is 27.7 Å². The van der Waals surface area contributed by atoms with Crippen molar-refractivity contribution in [1.29, 1.82) is 0 Å². The summed E-state index contributed by atoms with van der Waals surface area (Å²) in [6, 6.07) is 0. The van der Waals surface area contributed by atoms with Crippen LogP contribution in [0.15, 0.2) is 0 Å². The van der Waals surface area contributed by atoms with Crippen LogP contribution < -0.4 is 0 Å². The van der Waals surface area contributed by atoms with Gasteiger partial charge in [-0.1, -0.05) is 55.5 Å². The van der Waals surface area contributed by atoms with Crippen LogP contribution in [0.1, 0.15) is 65.2 Å². The Morgan fingerprint density at radius 1 is 1.12 bits per heavy atom. The molecule has 0 saturated heterocycles. The van der Waals surface area contributed by atoms with Crippen molar-refractivity contribution in [1.82, 2.24) is 0 Å². The Bertz CT molecular complexity index is 170. The van der Waals surface area contributed by atoms with Crippen LogP contribution in [0.3, 0.4) is 0 Å². The highest BCUT2D eigenvalue weighted by atomic mass is 79.9. The van der Waals surface area contributed by atoms with Gasteiger partial charge in [-0.3, -0.25) is 0 Å². The molecule has 0 heterocycles. The van der Waals surface area contributed by atoms with E-state index in [1.165, 1.54) is 62.4 Å². The molecule has 96 valence electrons. The molecule has 16 heavy (non-hydrogen) atoms. The highest BCUT2D eigenvalue weighted by molar-refractivity contribution is 9.09. The maximum atomic E-state index is 3.77. The molecule has 0 atom stereocenters. The second kappa shape index (κ2) is 8.02. The Hall–Kier alpha value is 0.830. The first-order valence-electron chi connectivity index (χ1n) is 6.94. The Kier molecular flexibility index (Phi) is 7.47. The van der Waals surface area contributed by atoms with E-state index in [1.54, 1.807) is 0 Å². The van der Waals surface area contributed by atoms with Gasteiger partial charge in [-0.2, -0.15) is 11.8 Å². The molecule has 1 rings (SSSR count). The van der Waals surface area contributed by atoms with Gasteiger partial charge in [0, 0.05) is 10.6 Å². The lowest BCUT2D eigenvalue weighted by atomic mass is 9.83. The van der Waals surface area contributed by atoms with Gasteiger partial charge in [0.25, 0.3) is 0 Å². The maximum Gasteiger partial charge on any atom is 0.00958 e. The van der Waals surface area contributed by atoms with Gasteiger partial charge in [0.15, 0.2) is 0 Å². The molecular weight excluding hydrogens is 280 g/mol. The lowest BCUT2D eigenvalue weighted by Crippen LogP contribution is -2.26. The van der Waals surface area contributed by atoms with Gasteiger partial charge in [-0.25, -0.2) is 0 Å². The van der Waals surface area contributed by atoms with Gasteiger partial charge < -0.3 is 0 Å². The molecule has 0 N–H and O–H groups in total. The van der Waals surface area contributed by atoms with Gasteiger partial charge in [0.2, 0.25) is 0 Å². The second-order valence-corrected chi connectivity index (χ2v) is 7.20. The molecule has 0 radical (unpaired) electrons. The van der Waals surface area contributed by atoms with E-state index in [2.05, 4.69) is 41.5 Å². The minimum atomic E-state index is 0.580. The van der Waals surface area contributed by atoms with Gasteiger partial charge in [-0.15, -0.1) is 0 Å². The molecule has 0 aromatic heterocycles. The van der Waals surface area contributed by atoms with E-state index in [1.807, 2.05) is 0 Å². The van der Waals surface area contributed by atoms with Crippen LogP contribution in [0.4, 0.5) is 0 Å². The Balaban J connectivity index is 2.40. The normalized spacial score (nSPS) is 18.2. The summed E-state index contributed by atoms with van der Waals surface area (Å²) in [5.74, 6) is 1.38. The zero-order valence-electron chi connectivity index (χ0n) is 10.9. The van der Waals surface area contributed by atoms with Crippen molar-refractivity contribution in [2.24, 2.45) is 5.41 Å². The van der Waals surface area contributed by atoms with Crippen LogP contribution in [-0.4, -0.2) is 16.3 Å². The van der Waals surface area contributed by atoms with Crippen molar-refractivity contribution in [3.8, 4) is 0 Å². The minimum Gasteiger partial charge on any atom is -0.158 e. The third kappa shape index (κ3) is 4.60. The molecule has 0 nitrogen and oxygen atoms in total. The largest absolute Gasteiger partial charge is 0.158 e. The third-order valence-corrected chi connectivity index (χ3v) is 6.68. The second-order valence-electron chi connectivity index (χ2n) is 5.35. The van der Waals surface area contributed by atoms with Gasteiger partial charge in [-0.05, 0) is 36.9 Å². The van der Waals surface area contributed by atoms with E-state index in [0.717, 1.165) is 5.25 Å². The minimum absolute atomic E-state index is 0.580. The molecule has 0 unspecified atom stereocenters. The third-order valence-electron chi connectivity index (χ3n) is 3.77. The number of halogens is 1. The van der Waals surface area contributed by atoms with Crippen LogP contribution in [0, 0.1) is 5.41 Å². The molecule has 0 bridgehead atoms. The number of hydrogen-bond acceptors (Lipinski definition) is 1. The predicted octanol–water partition coefficient (Wildman–Crippen LogP) is 5.64. The fourth-order valence-electron chi connectivity index (χ4n) is 2.85. The molecule has 0 aromatic carbocycles. The SMILES string of the molecule is CCCC(CBr)(CCC)CSC1CCCC1.